The van der Waals surface area contributed by atoms with E-state index in [2.05, 4.69) is 5.32 Å². The maximum atomic E-state index is 12.5. The predicted molar refractivity (Wildman–Crippen MR) is 106 cm³/mol. The van der Waals surface area contributed by atoms with Crippen LogP contribution in [-0.4, -0.2) is 28.3 Å². The summed E-state index contributed by atoms with van der Waals surface area (Å²) < 4.78 is 14.4. The van der Waals surface area contributed by atoms with Gasteiger partial charge in [-0.05, 0) is 36.8 Å². The van der Waals surface area contributed by atoms with Gasteiger partial charge in [-0.15, -0.1) is 0 Å². The number of para-hydroxylation sites is 2. The molecule has 0 bridgehead atoms. The lowest BCUT2D eigenvalue weighted by Gasteiger charge is -2.21. The molecule has 2 heterocycles. The zero-order valence-electron chi connectivity index (χ0n) is 16.0. The predicted octanol–water partition coefficient (Wildman–Crippen LogP) is 2.38. The first-order chi connectivity index (χ1) is 13.5. The minimum absolute atomic E-state index is 0.109. The van der Waals surface area contributed by atoms with Crippen molar-refractivity contribution in [1.29, 1.82) is 0 Å². The Labute approximate surface area is 162 Å². The number of hydrogen-bond acceptors (Lipinski definition) is 4. The van der Waals surface area contributed by atoms with Crippen LogP contribution in [0.1, 0.15) is 24.9 Å². The van der Waals surface area contributed by atoms with E-state index in [1.165, 1.54) is 0 Å². The number of nitrogens with one attached hydrogen (secondary N) is 1. The summed E-state index contributed by atoms with van der Waals surface area (Å²) in [4.78, 5) is 24.9. The highest BCUT2D eigenvalue weighted by Crippen LogP contribution is 2.32. The van der Waals surface area contributed by atoms with E-state index in [1.807, 2.05) is 49.4 Å². The molecule has 2 aromatic carbocycles. The molecule has 1 aliphatic heterocycles. The molecule has 7 nitrogen and oxygen atoms in total. The molecular formula is C21H23N3O4. The van der Waals surface area contributed by atoms with Gasteiger partial charge in [0, 0.05) is 20.0 Å². The Hall–Kier alpha value is -3.22. The quantitative estimate of drug-likeness (QED) is 0.736. The molecule has 7 heteroatoms. The van der Waals surface area contributed by atoms with Gasteiger partial charge in [-0.2, -0.15) is 0 Å². The third-order valence-corrected chi connectivity index (χ3v) is 5.06. The van der Waals surface area contributed by atoms with Gasteiger partial charge in [0.2, 0.25) is 5.91 Å². The van der Waals surface area contributed by atoms with Gasteiger partial charge in [-0.3, -0.25) is 13.9 Å². The SMILES string of the molecule is CC(NC(=O)CCn1c(=O)n(C)c2ccccc21)c1ccc2c(c1)OCCO2. The molecule has 0 saturated heterocycles. The topological polar surface area (TPSA) is 74.5 Å². The Bertz CT molecular complexity index is 1080. The van der Waals surface area contributed by atoms with Crippen LogP contribution >= 0.6 is 0 Å². The van der Waals surface area contributed by atoms with Crippen molar-refractivity contribution in [2.24, 2.45) is 7.05 Å². The molecule has 1 amide bonds. The molecule has 1 aromatic heterocycles. The van der Waals surface area contributed by atoms with E-state index >= 15 is 0 Å². The molecule has 28 heavy (non-hydrogen) atoms. The number of fused-ring (bicyclic) bond motifs is 2. The van der Waals surface area contributed by atoms with Crippen LogP contribution in [0.15, 0.2) is 47.3 Å². The fourth-order valence-electron chi connectivity index (χ4n) is 3.52. The van der Waals surface area contributed by atoms with Crippen molar-refractivity contribution in [2.75, 3.05) is 13.2 Å². The highest BCUT2D eigenvalue weighted by Gasteiger charge is 2.17. The molecule has 4 rings (SSSR count). The molecule has 0 fully saturated rings. The number of carbonyl (C=O) groups excluding carboxylic acids is 1. The van der Waals surface area contributed by atoms with Crippen molar-refractivity contribution >= 4 is 16.9 Å². The van der Waals surface area contributed by atoms with Gasteiger partial charge in [-0.25, -0.2) is 4.79 Å². The number of hydrogen-bond donors (Lipinski definition) is 1. The van der Waals surface area contributed by atoms with Crippen LogP contribution in [0.3, 0.4) is 0 Å². The minimum atomic E-state index is -0.174. The average molecular weight is 381 g/mol. The number of nitrogens with zero attached hydrogens (tertiary/aromatic N) is 2. The van der Waals surface area contributed by atoms with E-state index < -0.39 is 0 Å². The summed E-state index contributed by atoms with van der Waals surface area (Å²) in [6.07, 6.45) is 0.225. The Morgan fingerprint density at radius 2 is 1.82 bits per heavy atom. The standard InChI is InChI=1S/C21H23N3O4/c1-14(15-7-8-18-19(13-15)28-12-11-27-18)22-20(25)9-10-24-17-6-4-3-5-16(17)23(2)21(24)26/h3-8,13-14H,9-12H2,1-2H3,(H,22,25). The Kier molecular flexibility index (Phi) is 4.81. The van der Waals surface area contributed by atoms with Crippen molar-refractivity contribution in [3.63, 3.8) is 0 Å². The highest BCUT2D eigenvalue weighted by atomic mass is 16.6. The lowest BCUT2D eigenvalue weighted by atomic mass is 10.1. The van der Waals surface area contributed by atoms with Gasteiger partial charge in [0.1, 0.15) is 13.2 Å². The summed E-state index contributed by atoms with van der Waals surface area (Å²) in [5, 5.41) is 2.99. The van der Waals surface area contributed by atoms with E-state index in [0.29, 0.717) is 25.5 Å². The van der Waals surface area contributed by atoms with Crippen LogP contribution in [0.5, 0.6) is 11.5 Å². The van der Waals surface area contributed by atoms with Crippen molar-refractivity contribution in [1.82, 2.24) is 14.5 Å². The van der Waals surface area contributed by atoms with Crippen LogP contribution < -0.4 is 20.5 Å². The van der Waals surface area contributed by atoms with Crippen LogP contribution in [0.25, 0.3) is 11.0 Å². The molecule has 1 unspecified atom stereocenters. The Morgan fingerprint density at radius 3 is 2.61 bits per heavy atom. The van der Waals surface area contributed by atoms with Crippen molar-refractivity contribution in [3.05, 3.63) is 58.5 Å². The van der Waals surface area contributed by atoms with E-state index in [4.69, 9.17) is 9.47 Å². The Morgan fingerprint density at radius 1 is 1.11 bits per heavy atom. The molecule has 0 aliphatic carbocycles. The van der Waals surface area contributed by atoms with E-state index in [1.54, 1.807) is 16.2 Å². The van der Waals surface area contributed by atoms with Crippen molar-refractivity contribution in [2.45, 2.75) is 25.9 Å². The third-order valence-electron chi connectivity index (χ3n) is 5.06. The van der Waals surface area contributed by atoms with Crippen LogP contribution in [0, 0.1) is 0 Å². The second-order valence-corrected chi connectivity index (χ2v) is 6.92. The summed E-state index contributed by atoms with van der Waals surface area (Å²) in [7, 11) is 1.74. The fraction of sp³-hybridized carbons (Fsp3) is 0.333. The largest absolute Gasteiger partial charge is 0.486 e. The van der Waals surface area contributed by atoms with E-state index in [9.17, 15) is 9.59 Å². The first kappa shape index (κ1) is 18.2. The molecule has 0 saturated carbocycles. The van der Waals surface area contributed by atoms with Crippen LogP contribution in [0.2, 0.25) is 0 Å². The summed E-state index contributed by atoms with van der Waals surface area (Å²) in [6.45, 7) is 3.33. The van der Waals surface area contributed by atoms with Gasteiger partial charge in [-0.1, -0.05) is 18.2 Å². The number of ether oxygens (including phenoxy) is 2. The van der Waals surface area contributed by atoms with Gasteiger partial charge >= 0.3 is 5.69 Å². The maximum Gasteiger partial charge on any atom is 0.328 e. The number of rotatable bonds is 5. The molecule has 1 aliphatic rings. The van der Waals surface area contributed by atoms with Gasteiger partial charge in [0.15, 0.2) is 11.5 Å². The zero-order valence-corrected chi connectivity index (χ0v) is 16.0. The maximum absolute atomic E-state index is 12.5. The molecule has 3 aromatic rings. The molecule has 0 radical (unpaired) electrons. The zero-order chi connectivity index (χ0) is 19.7. The fourth-order valence-corrected chi connectivity index (χ4v) is 3.52. The van der Waals surface area contributed by atoms with E-state index in [-0.39, 0.29) is 24.1 Å². The van der Waals surface area contributed by atoms with Gasteiger partial charge in [0.05, 0.1) is 17.1 Å². The smallest absolute Gasteiger partial charge is 0.328 e. The number of amides is 1. The summed E-state index contributed by atoms with van der Waals surface area (Å²) in [6, 6.07) is 13.1. The van der Waals surface area contributed by atoms with Gasteiger partial charge < -0.3 is 14.8 Å². The first-order valence-electron chi connectivity index (χ1n) is 9.38. The number of aromatic nitrogens is 2. The molecule has 1 atom stereocenters. The van der Waals surface area contributed by atoms with E-state index in [0.717, 1.165) is 22.3 Å². The number of imidazole rings is 1. The van der Waals surface area contributed by atoms with Crippen LogP contribution in [-0.2, 0) is 18.4 Å². The molecule has 0 spiro atoms. The van der Waals surface area contributed by atoms with Gasteiger partial charge in [0.25, 0.3) is 0 Å². The second-order valence-electron chi connectivity index (χ2n) is 6.92. The number of benzene rings is 2. The molecular weight excluding hydrogens is 358 g/mol. The average Bonchev–Trinajstić information content (AvgIpc) is 2.96. The monoisotopic (exact) mass is 381 g/mol. The summed E-state index contributed by atoms with van der Waals surface area (Å²) in [5.41, 5.74) is 2.52. The lowest BCUT2D eigenvalue weighted by molar-refractivity contribution is -0.121. The minimum Gasteiger partial charge on any atom is -0.486 e. The third kappa shape index (κ3) is 3.35. The molecule has 146 valence electrons. The number of aryl methyl sites for hydroxylation is 2. The lowest BCUT2D eigenvalue weighted by Crippen LogP contribution is -2.29. The summed E-state index contributed by atoms with van der Waals surface area (Å²) in [5.74, 6) is 1.32. The molecule has 1 N–H and O–H groups in total. The van der Waals surface area contributed by atoms with Crippen LogP contribution in [0.4, 0.5) is 0 Å². The first-order valence-corrected chi connectivity index (χ1v) is 9.38. The summed E-state index contributed by atoms with van der Waals surface area (Å²) >= 11 is 0. The second kappa shape index (κ2) is 7.42. The Balaban J connectivity index is 1.42. The normalized spacial score (nSPS) is 14.1. The number of carbonyl (C=O) groups is 1. The van der Waals surface area contributed by atoms with Crippen molar-refractivity contribution in [3.8, 4) is 11.5 Å². The van der Waals surface area contributed by atoms with Crippen molar-refractivity contribution < 1.29 is 14.3 Å². The highest BCUT2D eigenvalue weighted by molar-refractivity contribution is 5.78.